The number of rotatable bonds is 11. The first-order valence-electron chi connectivity index (χ1n) is 7.89. The molecule has 0 spiro atoms. The van der Waals surface area contributed by atoms with Gasteiger partial charge in [0.2, 0.25) is 11.8 Å². The molecule has 0 aromatic heterocycles. The van der Waals surface area contributed by atoms with Gasteiger partial charge in [0.25, 0.3) is 11.8 Å². The summed E-state index contributed by atoms with van der Waals surface area (Å²) >= 11 is 0. The number of amides is 4. The number of hydrazine groups is 2. The number of hydrogen-bond donors (Lipinski definition) is 6. The molecule has 0 aliphatic carbocycles. The summed E-state index contributed by atoms with van der Waals surface area (Å²) in [5.41, 5.74) is 4.51. The third-order valence-electron chi connectivity index (χ3n) is 3.12. The van der Waals surface area contributed by atoms with Crippen LogP contribution < -0.4 is 21.5 Å². The topological polar surface area (TPSA) is 163 Å². The molecule has 0 radical (unpaired) electrons. The second-order valence-electron chi connectivity index (χ2n) is 5.61. The van der Waals surface area contributed by atoms with E-state index in [1.54, 1.807) is 0 Å². The minimum absolute atomic E-state index is 0.00110. The highest BCUT2D eigenvalue weighted by Gasteiger charge is 2.24. The van der Waals surface area contributed by atoms with Crippen LogP contribution in [0.3, 0.4) is 0 Å². The van der Waals surface area contributed by atoms with Crippen LogP contribution in [0.4, 0.5) is 0 Å². The molecular formula is C12H22B2N6O6. The van der Waals surface area contributed by atoms with Gasteiger partial charge in [-0.25, -0.2) is 10.7 Å². The van der Waals surface area contributed by atoms with Crippen LogP contribution >= 0.6 is 0 Å². The lowest BCUT2D eigenvalue weighted by Crippen LogP contribution is -2.53. The van der Waals surface area contributed by atoms with E-state index in [0.29, 0.717) is 0 Å². The number of carbonyl (C=O) groups is 4. The summed E-state index contributed by atoms with van der Waals surface area (Å²) in [6, 6.07) is 0. The minimum atomic E-state index is -0.961. The molecule has 0 saturated heterocycles. The predicted octanol–water partition coefficient (Wildman–Crippen LogP) is -4.32. The highest BCUT2D eigenvalue weighted by atomic mass is 16.2. The van der Waals surface area contributed by atoms with Crippen molar-refractivity contribution in [3.63, 3.8) is 0 Å². The minimum Gasteiger partial charge on any atom is -0.436 e. The average Bonchev–Trinajstić information content (AvgIpc) is 2.87. The van der Waals surface area contributed by atoms with Crippen molar-refractivity contribution in [2.75, 3.05) is 26.2 Å². The van der Waals surface area contributed by atoms with Gasteiger partial charge >= 0.3 is 14.1 Å². The highest BCUT2D eigenvalue weighted by molar-refractivity contribution is 6.45. The van der Waals surface area contributed by atoms with Crippen molar-refractivity contribution in [3.8, 4) is 0 Å². The Morgan fingerprint density at radius 3 is 1.81 bits per heavy atom. The summed E-state index contributed by atoms with van der Waals surface area (Å²) < 4.78 is 0. The standard InChI is InChI=1S/C12H22B2N6O6/c1-13(25)17-15-9(21)7-19(8-10(22)16-18-14(2)26)5-6-20-11(23)3-4-12(20)24/h3-4,17-18,25-26H,5-8H2,1-2H3,(H,15,21)(H,16,22). The lowest BCUT2D eigenvalue weighted by molar-refractivity contribution is -0.136. The van der Waals surface area contributed by atoms with E-state index in [0.717, 1.165) is 17.1 Å². The van der Waals surface area contributed by atoms with Crippen LogP contribution in [0.1, 0.15) is 0 Å². The number of hydrogen-bond acceptors (Lipinski definition) is 9. The van der Waals surface area contributed by atoms with Gasteiger partial charge in [-0.2, -0.15) is 0 Å². The highest BCUT2D eigenvalue weighted by Crippen LogP contribution is 2.03. The predicted molar refractivity (Wildman–Crippen MR) is 92.5 cm³/mol. The van der Waals surface area contributed by atoms with E-state index in [-0.39, 0.29) is 26.2 Å². The molecule has 26 heavy (non-hydrogen) atoms. The van der Waals surface area contributed by atoms with Gasteiger partial charge in [-0.05, 0) is 13.6 Å². The molecule has 1 heterocycles. The molecule has 0 aromatic rings. The van der Waals surface area contributed by atoms with Gasteiger partial charge in [0, 0.05) is 25.2 Å². The van der Waals surface area contributed by atoms with Crippen LogP contribution in [0.15, 0.2) is 12.2 Å². The summed E-state index contributed by atoms with van der Waals surface area (Å²) in [4.78, 5) is 49.2. The van der Waals surface area contributed by atoms with Gasteiger partial charge < -0.3 is 10.0 Å². The Balaban J connectivity index is 2.58. The molecule has 0 bridgehead atoms. The fourth-order valence-electron chi connectivity index (χ4n) is 1.96. The summed E-state index contributed by atoms with van der Waals surface area (Å²) in [6.07, 6.45) is 2.29. The van der Waals surface area contributed by atoms with Gasteiger partial charge in [-0.3, -0.25) is 39.8 Å². The fourth-order valence-corrected chi connectivity index (χ4v) is 1.96. The number of nitrogens with one attached hydrogen (secondary N) is 4. The summed E-state index contributed by atoms with van der Waals surface area (Å²) in [6.45, 7) is 2.43. The lowest BCUT2D eigenvalue weighted by atomic mass is 9.91. The molecule has 1 rings (SSSR count). The molecule has 4 amide bonds. The number of imide groups is 1. The normalized spacial score (nSPS) is 13.3. The lowest BCUT2D eigenvalue weighted by Gasteiger charge is -2.24. The summed E-state index contributed by atoms with van der Waals surface area (Å²) in [5, 5.41) is 22.8. The van der Waals surface area contributed by atoms with Crippen molar-refractivity contribution < 1.29 is 29.2 Å². The van der Waals surface area contributed by atoms with Crippen LogP contribution in [-0.4, -0.2) is 83.8 Å². The second kappa shape index (κ2) is 10.7. The van der Waals surface area contributed by atoms with Crippen LogP contribution in [-0.2, 0) is 19.2 Å². The zero-order valence-corrected chi connectivity index (χ0v) is 14.6. The number of carbonyl (C=O) groups excluding carboxylic acids is 4. The third kappa shape index (κ3) is 8.22. The molecule has 14 heteroatoms. The first-order valence-corrected chi connectivity index (χ1v) is 7.89. The smallest absolute Gasteiger partial charge is 0.392 e. The zero-order chi connectivity index (χ0) is 19.7. The molecule has 0 aromatic carbocycles. The zero-order valence-electron chi connectivity index (χ0n) is 14.6. The molecular weight excluding hydrogens is 346 g/mol. The van der Waals surface area contributed by atoms with E-state index < -0.39 is 37.7 Å². The van der Waals surface area contributed by atoms with Crippen molar-refractivity contribution in [1.29, 1.82) is 0 Å². The molecule has 0 saturated carbocycles. The van der Waals surface area contributed by atoms with Crippen molar-refractivity contribution in [1.82, 2.24) is 31.3 Å². The molecule has 6 N–H and O–H groups in total. The van der Waals surface area contributed by atoms with Gasteiger partial charge in [0.05, 0.1) is 13.1 Å². The average molecular weight is 368 g/mol. The van der Waals surface area contributed by atoms with E-state index in [2.05, 4.69) is 21.5 Å². The Labute approximate surface area is 151 Å². The number of nitrogens with zero attached hydrogens (tertiary/aromatic N) is 2. The van der Waals surface area contributed by atoms with Gasteiger partial charge in [0.15, 0.2) is 0 Å². The maximum Gasteiger partial charge on any atom is 0.392 e. The van der Waals surface area contributed by atoms with Crippen LogP contribution in [0.25, 0.3) is 0 Å². The van der Waals surface area contributed by atoms with Crippen molar-refractivity contribution in [2.45, 2.75) is 13.6 Å². The first-order chi connectivity index (χ1) is 12.2. The largest absolute Gasteiger partial charge is 0.436 e. The first kappa shape index (κ1) is 21.8. The quantitative estimate of drug-likeness (QED) is 0.120. The monoisotopic (exact) mass is 368 g/mol. The molecule has 1 aliphatic rings. The van der Waals surface area contributed by atoms with Crippen LogP contribution in [0.2, 0.25) is 13.6 Å². The van der Waals surface area contributed by atoms with E-state index in [1.807, 2.05) is 0 Å². The SMILES string of the molecule is CB(O)NNC(=O)CN(CCN1C(=O)C=CC1=O)CC(=O)NNB(C)O. The van der Waals surface area contributed by atoms with Crippen molar-refractivity contribution in [2.24, 2.45) is 0 Å². The Morgan fingerprint density at radius 2 is 1.42 bits per heavy atom. The van der Waals surface area contributed by atoms with Crippen LogP contribution in [0.5, 0.6) is 0 Å². The summed E-state index contributed by atoms with van der Waals surface area (Å²) in [7, 11) is -1.92. The second-order valence-corrected chi connectivity index (χ2v) is 5.61. The van der Waals surface area contributed by atoms with E-state index in [9.17, 15) is 19.2 Å². The molecule has 12 nitrogen and oxygen atoms in total. The van der Waals surface area contributed by atoms with Crippen molar-refractivity contribution in [3.05, 3.63) is 12.2 Å². The third-order valence-corrected chi connectivity index (χ3v) is 3.12. The van der Waals surface area contributed by atoms with E-state index >= 15 is 0 Å². The van der Waals surface area contributed by atoms with E-state index in [1.165, 1.54) is 18.5 Å². The molecule has 1 aliphatic heterocycles. The van der Waals surface area contributed by atoms with E-state index in [4.69, 9.17) is 10.0 Å². The summed E-state index contributed by atoms with van der Waals surface area (Å²) in [5.74, 6) is -1.98. The van der Waals surface area contributed by atoms with Crippen LogP contribution in [0, 0.1) is 0 Å². The molecule has 0 atom stereocenters. The van der Waals surface area contributed by atoms with Crippen molar-refractivity contribution >= 4 is 37.7 Å². The molecule has 0 fully saturated rings. The molecule has 142 valence electrons. The Kier molecular flexibility index (Phi) is 8.95. The Bertz CT molecular complexity index is 528. The Morgan fingerprint density at radius 1 is 1.00 bits per heavy atom. The maximum atomic E-state index is 11.9. The molecule has 0 unspecified atom stereocenters. The fraction of sp³-hybridized carbons (Fsp3) is 0.500. The Hall–Kier alpha value is -2.25. The van der Waals surface area contributed by atoms with Gasteiger partial charge in [-0.15, -0.1) is 0 Å². The van der Waals surface area contributed by atoms with Gasteiger partial charge in [-0.1, -0.05) is 0 Å². The van der Waals surface area contributed by atoms with Gasteiger partial charge in [0.1, 0.15) is 0 Å². The maximum absolute atomic E-state index is 11.9.